The molecule has 0 radical (unpaired) electrons. The number of nitrogens with two attached hydrogens (primary N) is 1. The highest BCUT2D eigenvalue weighted by Crippen LogP contribution is 2.08. The topological polar surface area (TPSA) is 68.7 Å². The summed E-state index contributed by atoms with van der Waals surface area (Å²) in [6, 6.07) is 3.24. The van der Waals surface area contributed by atoms with Gasteiger partial charge in [-0.25, -0.2) is 0 Å². The van der Waals surface area contributed by atoms with E-state index in [9.17, 15) is 4.79 Å². The number of likely N-dealkylation sites (N-methyl/N-ethyl adjacent to an activating group) is 1. The van der Waals surface area contributed by atoms with Gasteiger partial charge in [-0.1, -0.05) is 0 Å². The zero-order valence-electron chi connectivity index (χ0n) is 9.90. The Bertz CT molecular complexity index is 349. The summed E-state index contributed by atoms with van der Waals surface area (Å²) in [7, 11) is 3.27. The SMILES string of the molecule is COCC(N)CN(C)C(=O)c1ccc(C)o1. The van der Waals surface area contributed by atoms with Crippen LogP contribution in [0.2, 0.25) is 0 Å². The van der Waals surface area contributed by atoms with E-state index < -0.39 is 0 Å². The van der Waals surface area contributed by atoms with Crippen LogP contribution in [-0.4, -0.2) is 44.2 Å². The average Bonchev–Trinajstić information content (AvgIpc) is 2.64. The van der Waals surface area contributed by atoms with Gasteiger partial charge in [0.2, 0.25) is 0 Å². The van der Waals surface area contributed by atoms with E-state index in [1.807, 2.05) is 0 Å². The van der Waals surface area contributed by atoms with Gasteiger partial charge in [0.05, 0.1) is 6.61 Å². The van der Waals surface area contributed by atoms with Crippen molar-refractivity contribution in [3.63, 3.8) is 0 Å². The molecule has 1 amide bonds. The third kappa shape index (κ3) is 3.36. The maximum atomic E-state index is 11.8. The largest absolute Gasteiger partial charge is 0.456 e. The van der Waals surface area contributed by atoms with Gasteiger partial charge < -0.3 is 19.8 Å². The number of hydrogen-bond donors (Lipinski definition) is 1. The van der Waals surface area contributed by atoms with E-state index in [1.54, 1.807) is 33.2 Å². The molecule has 5 nitrogen and oxygen atoms in total. The Kier molecular flexibility index (Phi) is 4.52. The molecule has 0 fully saturated rings. The lowest BCUT2D eigenvalue weighted by Crippen LogP contribution is -2.41. The average molecular weight is 226 g/mol. The highest BCUT2D eigenvalue weighted by molar-refractivity contribution is 5.91. The molecule has 1 heterocycles. The molecule has 16 heavy (non-hydrogen) atoms. The van der Waals surface area contributed by atoms with Crippen molar-refractivity contribution >= 4 is 5.91 Å². The minimum absolute atomic E-state index is 0.167. The molecule has 1 unspecified atom stereocenters. The number of carbonyl (C=O) groups is 1. The summed E-state index contributed by atoms with van der Waals surface area (Å²) in [6.45, 7) is 2.66. The van der Waals surface area contributed by atoms with Crippen molar-refractivity contribution in [1.29, 1.82) is 0 Å². The zero-order chi connectivity index (χ0) is 12.1. The van der Waals surface area contributed by atoms with Crippen molar-refractivity contribution < 1.29 is 13.9 Å². The highest BCUT2D eigenvalue weighted by Gasteiger charge is 2.17. The van der Waals surface area contributed by atoms with E-state index in [-0.39, 0.29) is 11.9 Å². The molecule has 2 N–H and O–H groups in total. The number of nitrogens with zero attached hydrogens (tertiary/aromatic N) is 1. The van der Waals surface area contributed by atoms with Crippen molar-refractivity contribution in [2.45, 2.75) is 13.0 Å². The molecule has 1 atom stereocenters. The second-order valence-electron chi connectivity index (χ2n) is 3.81. The lowest BCUT2D eigenvalue weighted by Gasteiger charge is -2.19. The molecule has 0 aliphatic carbocycles. The second-order valence-corrected chi connectivity index (χ2v) is 3.81. The van der Waals surface area contributed by atoms with Gasteiger partial charge in [0, 0.05) is 26.7 Å². The fourth-order valence-electron chi connectivity index (χ4n) is 1.44. The van der Waals surface area contributed by atoms with Crippen molar-refractivity contribution in [1.82, 2.24) is 4.90 Å². The van der Waals surface area contributed by atoms with Crippen LogP contribution in [0.15, 0.2) is 16.5 Å². The molecule has 0 aliphatic rings. The monoisotopic (exact) mass is 226 g/mol. The number of amides is 1. The molecule has 1 rings (SSSR count). The molecule has 0 saturated carbocycles. The van der Waals surface area contributed by atoms with E-state index in [1.165, 1.54) is 4.90 Å². The third-order valence-electron chi connectivity index (χ3n) is 2.19. The second kappa shape index (κ2) is 5.67. The number of aryl methyl sites for hydroxylation is 1. The predicted molar refractivity (Wildman–Crippen MR) is 60.3 cm³/mol. The van der Waals surface area contributed by atoms with Crippen LogP contribution in [0.3, 0.4) is 0 Å². The number of furan rings is 1. The molecule has 0 bridgehead atoms. The zero-order valence-corrected chi connectivity index (χ0v) is 9.90. The Balaban J connectivity index is 2.54. The molecular weight excluding hydrogens is 208 g/mol. The van der Waals surface area contributed by atoms with E-state index in [0.29, 0.717) is 18.9 Å². The third-order valence-corrected chi connectivity index (χ3v) is 2.19. The number of methoxy groups -OCH3 is 1. The normalized spacial score (nSPS) is 12.5. The van der Waals surface area contributed by atoms with E-state index in [4.69, 9.17) is 14.9 Å². The number of carbonyl (C=O) groups excluding carboxylic acids is 1. The van der Waals surface area contributed by atoms with Crippen molar-refractivity contribution in [3.05, 3.63) is 23.7 Å². The minimum Gasteiger partial charge on any atom is -0.456 e. The first kappa shape index (κ1) is 12.7. The Labute approximate surface area is 95.2 Å². The van der Waals surface area contributed by atoms with Crippen molar-refractivity contribution in [2.75, 3.05) is 27.3 Å². The number of hydrogen-bond acceptors (Lipinski definition) is 4. The van der Waals surface area contributed by atoms with Gasteiger partial charge in [0.25, 0.3) is 5.91 Å². The molecular formula is C11H18N2O3. The van der Waals surface area contributed by atoms with E-state index in [2.05, 4.69) is 0 Å². The number of rotatable bonds is 5. The molecule has 5 heteroatoms. The Morgan fingerprint density at radius 2 is 2.31 bits per heavy atom. The van der Waals surface area contributed by atoms with Crippen molar-refractivity contribution in [3.8, 4) is 0 Å². The smallest absolute Gasteiger partial charge is 0.289 e. The van der Waals surface area contributed by atoms with Crippen LogP contribution in [0.5, 0.6) is 0 Å². The Morgan fingerprint density at radius 1 is 1.62 bits per heavy atom. The van der Waals surface area contributed by atoms with Crippen LogP contribution in [0.4, 0.5) is 0 Å². The molecule has 1 aromatic heterocycles. The summed E-state index contributed by atoms with van der Waals surface area (Å²) in [5, 5.41) is 0. The highest BCUT2D eigenvalue weighted by atomic mass is 16.5. The lowest BCUT2D eigenvalue weighted by molar-refractivity contribution is 0.0732. The van der Waals surface area contributed by atoms with Crippen molar-refractivity contribution in [2.24, 2.45) is 5.73 Å². The van der Waals surface area contributed by atoms with Crippen LogP contribution in [0.1, 0.15) is 16.3 Å². The Hall–Kier alpha value is -1.33. The summed E-state index contributed by atoms with van der Waals surface area (Å²) in [6.07, 6.45) is 0. The van der Waals surface area contributed by atoms with E-state index >= 15 is 0 Å². The minimum atomic E-state index is -0.185. The maximum absolute atomic E-state index is 11.8. The quantitative estimate of drug-likeness (QED) is 0.799. The summed E-state index contributed by atoms with van der Waals surface area (Å²) in [5.41, 5.74) is 5.76. The van der Waals surface area contributed by atoms with Gasteiger partial charge >= 0.3 is 0 Å². The van der Waals surface area contributed by atoms with Crippen LogP contribution in [-0.2, 0) is 4.74 Å². The van der Waals surface area contributed by atoms with Crippen LogP contribution in [0, 0.1) is 6.92 Å². The first-order valence-corrected chi connectivity index (χ1v) is 5.11. The molecule has 0 saturated heterocycles. The van der Waals surface area contributed by atoms with Gasteiger partial charge in [-0.2, -0.15) is 0 Å². The molecule has 0 spiro atoms. The molecule has 0 aromatic carbocycles. The van der Waals surface area contributed by atoms with Gasteiger partial charge in [0.1, 0.15) is 5.76 Å². The fraction of sp³-hybridized carbons (Fsp3) is 0.545. The fourth-order valence-corrected chi connectivity index (χ4v) is 1.44. The number of ether oxygens (including phenoxy) is 1. The van der Waals surface area contributed by atoms with Gasteiger partial charge in [-0.15, -0.1) is 0 Å². The molecule has 1 aromatic rings. The first-order valence-electron chi connectivity index (χ1n) is 5.11. The predicted octanol–water partition coefficient (Wildman–Crippen LogP) is 0.634. The summed E-state index contributed by atoms with van der Waals surface area (Å²) < 4.78 is 10.2. The summed E-state index contributed by atoms with van der Waals surface area (Å²) in [4.78, 5) is 13.4. The van der Waals surface area contributed by atoms with Crippen LogP contribution < -0.4 is 5.73 Å². The maximum Gasteiger partial charge on any atom is 0.289 e. The standard InChI is InChI=1S/C11H18N2O3/c1-8-4-5-10(16-8)11(14)13(2)6-9(12)7-15-3/h4-5,9H,6-7,12H2,1-3H3. The lowest BCUT2D eigenvalue weighted by atomic mass is 10.3. The molecule has 90 valence electrons. The van der Waals surface area contributed by atoms with Gasteiger partial charge in [-0.3, -0.25) is 4.79 Å². The molecule has 0 aliphatic heterocycles. The first-order chi connectivity index (χ1) is 7.54. The summed E-state index contributed by atoms with van der Waals surface area (Å²) >= 11 is 0. The van der Waals surface area contributed by atoms with E-state index in [0.717, 1.165) is 5.76 Å². The van der Waals surface area contributed by atoms with Gasteiger partial charge in [0.15, 0.2) is 5.76 Å². The Morgan fingerprint density at radius 3 is 2.81 bits per heavy atom. The van der Waals surface area contributed by atoms with Crippen LogP contribution >= 0.6 is 0 Å². The van der Waals surface area contributed by atoms with Gasteiger partial charge in [-0.05, 0) is 19.1 Å². The summed E-state index contributed by atoms with van der Waals surface area (Å²) in [5.74, 6) is 0.891. The van der Waals surface area contributed by atoms with Crippen LogP contribution in [0.25, 0.3) is 0 Å².